The fourth-order valence-electron chi connectivity index (χ4n) is 1.94. The summed E-state index contributed by atoms with van der Waals surface area (Å²) in [5.74, 6) is 7.94. The SMILES string of the molecule is CCc1ccc(C(NN)c2ccc(Cl)c(OC)c2)o1. The first-order valence-electron chi connectivity index (χ1n) is 6.07. The molecule has 0 fully saturated rings. The highest BCUT2D eigenvalue weighted by molar-refractivity contribution is 6.32. The van der Waals surface area contributed by atoms with Crippen LogP contribution in [0.4, 0.5) is 0 Å². The lowest BCUT2D eigenvalue weighted by Crippen LogP contribution is -2.28. The Hall–Kier alpha value is -1.49. The predicted octanol–water partition coefficient (Wildman–Crippen LogP) is 3.06. The molecule has 2 rings (SSSR count). The first-order valence-corrected chi connectivity index (χ1v) is 6.45. The third kappa shape index (κ3) is 2.92. The van der Waals surface area contributed by atoms with E-state index in [1.54, 1.807) is 13.2 Å². The minimum absolute atomic E-state index is 0.230. The second-order valence-corrected chi connectivity index (χ2v) is 4.56. The summed E-state index contributed by atoms with van der Waals surface area (Å²) in [6.45, 7) is 2.04. The van der Waals surface area contributed by atoms with Crippen LogP contribution < -0.4 is 16.0 Å². The standard InChI is InChI=1S/C14H17ClN2O2/c1-3-10-5-7-12(19-10)14(17-16)9-4-6-11(15)13(8-9)18-2/h4-8,14,17H,3,16H2,1-2H3. The van der Waals surface area contributed by atoms with E-state index in [4.69, 9.17) is 26.6 Å². The molecule has 1 atom stereocenters. The van der Waals surface area contributed by atoms with Gasteiger partial charge in [0.1, 0.15) is 23.3 Å². The molecule has 102 valence electrons. The number of ether oxygens (including phenoxy) is 1. The molecular weight excluding hydrogens is 264 g/mol. The van der Waals surface area contributed by atoms with Crippen molar-refractivity contribution in [2.24, 2.45) is 5.84 Å². The number of nitrogens with two attached hydrogens (primary N) is 1. The number of benzene rings is 1. The Morgan fingerprint density at radius 1 is 1.37 bits per heavy atom. The van der Waals surface area contributed by atoms with E-state index in [1.165, 1.54) is 0 Å². The number of hydrazine groups is 1. The van der Waals surface area contributed by atoms with Crippen LogP contribution in [-0.2, 0) is 6.42 Å². The van der Waals surface area contributed by atoms with Crippen molar-refractivity contribution in [2.45, 2.75) is 19.4 Å². The van der Waals surface area contributed by atoms with Crippen molar-refractivity contribution in [3.8, 4) is 5.75 Å². The summed E-state index contributed by atoms with van der Waals surface area (Å²) < 4.78 is 10.9. The van der Waals surface area contributed by atoms with Crippen LogP contribution in [0.2, 0.25) is 5.02 Å². The van der Waals surface area contributed by atoms with Crippen LogP contribution in [0.25, 0.3) is 0 Å². The van der Waals surface area contributed by atoms with Crippen LogP contribution in [0.1, 0.15) is 30.0 Å². The monoisotopic (exact) mass is 280 g/mol. The first-order chi connectivity index (χ1) is 9.19. The van der Waals surface area contributed by atoms with E-state index in [2.05, 4.69) is 5.43 Å². The summed E-state index contributed by atoms with van der Waals surface area (Å²) in [5, 5.41) is 0.565. The molecule has 3 N–H and O–H groups in total. The van der Waals surface area contributed by atoms with Crippen molar-refractivity contribution < 1.29 is 9.15 Å². The van der Waals surface area contributed by atoms with Gasteiger partial charge in [0.15, 0.2) is 0 Å². The summed E-state index contributed by atoms with van der Waals surface area (Å²) in [6.07, 6.45) is 0.848. The van der Waals surface area contributed by atoms with Crippen LogP contribution in [-0.4, -0.2) is 7.11 Å². The van der Waals surface area contributed by atoms with Gasteiger partial charge in [-0.05, 0) is 29.8 Å². The Morgan fingerprint density at radius 2 is 2.16 bits per heavy atom. The number of hydrogen-bond donors (Lipinski definition) is 2. The zero-order valence-corrected chi connectivity index (χ0v) is 11.7. The molecule has 0 spiro atoms. The number of methoxy groups -OCH3 is 1. The highest BCUT2D eigenvalue weighted by atomic mass is 35.5. The molecule has 0 aliphatic carbocycles. The Morgan fingerprint density at radius 3 is 2.74 bits per heavy atom. The normalized spacial score (nSPS) is 12.4. The van der Waals surface area contributed by atoms with E-state index in [-0.39, 0.29) is 6.04 Å². The molecule has 0 radical (unpaired) electrons. The number of aryl methyl sites for hydroxylation is 1. The Bertz CT molecular complexity index is 554. The summed E-state index contributed by atoms with van der Waals surface area (Å²) in [6, 6.07) is 9.16. The lowest BCUT2D eigenvalue weighted by atomic mass is 10.1. The van der Waals surface area contributed by atoms with Gasteiger partial charge in [0.25, 0.3) is 0 Å². The molecule has 0 aliphatic rings. The summed E-state index contributed by atoms with van der Waals surface area (Å²) >= 11 is 6.02. The minimum Gasteiger partial charge on any atom is -0.495 e. The summed E-state index contributed by atoms with van der Waals surface area (Å²) in [7, 11) is 1.58. The van der Waals surface area contributed by atoms with Gasteiger partial charge >= 0.3 is 0 Å². The quantitative estimate of drug-likeness (QED) is 0.653. The molecule has 1 unspecified atom stereocenters. The number of halogens is 1. The third-order valence-corrected chi connectivity index (χ3v) is 3.30. The van der Waals surface area contributed by atoms with Crippen molar-refractivity contribution in [3.63, 3.8) is 0 Å². The molecule has 0 saturated carbocycles. The highest BCUT2D eigenvalue weighted by Crippen LogP contribution is 2.30. The van der Waals surface area contributed by atoms with Gasteiger partial charge in [-0.15, -0.1) is 0 Å². The fraction of sp³-hybridized carbons (Fsp3) is 0.286. The van der Waals surface area contributed by atoms with Crippen molar-refractivity contribution in [1.29, 1.82) is 0 Å². The number of hydrogen-bond acceptors (Lipinski definition) is 4. The molecule has 0 bridgehead atoms. The van der Waals surface area contributed by atoms with Crippen LogP contribution in [0.5, 0.6) is 5.75 Å². The predicted molar refractivity (Wildman–Crippen MR) is 75.3 cm³/mol. The summed E-state index contributed by atoms with van der Waals surface area (Å²) in [4.78, 5) is 0. The molecule has 5 heteroatoms. The lowest BCUT2D eigenvalue weighted by Gasteiger charge is -2.15. The van der Waals surface area contributed by atoms with Crippen LogP contribution in [0.15, 0.2) is 34.7 Å². The Kier molecular flexibility index (Phi) is 4.47. The molecule has 1 aromatic heterocycles. The van der Waals surface area contributed by atoms with Crippen LogP contribution in [0, 0.1) is 0 Å². The first kappa shape index (κ1) is 13.9. The topological polar surface area (TPSA) is 60.4 Å². The smallest absolute Gasteiger partial charge is 0.137 e. The lowest BCUT2D eigenvalue weighted by molar-refractivity contribution is 0.409. The van der Waals surface area contributed by atoms with Gasteiger partial charge in [-0.1, -0.05) is 24.6 Å². The van der Waals surface area contributed by atoms with Crippen LogP contribution >= 0.6 is 11.6 Å². The van der Waals surface area contributed by atoms with E-state index in [0.29, 0.717) is 10.8 Å². The second-order valence-electron chi connectivity index (χ2n) is 4.15. The van der Waals surface area contributed by atoms with E-state index in [0.717, 1.165) is 23.5 Å². The van der Waals surface area contributed by atoms with E-state index in [9.17, 15) is 0 Å². The maximum atomic E-state index is 6.02. The van der Waals surface area contributed by atoms with Gasteiger partial charge in [-0.25, -0.2) is 5.43 Å². The Balaban J connectivity index is 2.36. The molecule has 2 aromatic rings. The van der Waals surface area contributed by atoms with Gasteiger partial charge < -0.3 is 9.15 Å². The molecule has 0 aliphatic heterocycles. The maximum Gasteiger partial charge on any atom is 0.137 e. The molecule has 1 aromatic carbocycles. The molecular formula is C14H17ClN2O2. The van der Waals surface area contributed by atoms with Crippen molar-refractivity contribution in [2.75, 3.05) is 7.11 Å². The van der Waals surface area contributed by atoms with Gasteiger partial charge in [-0.3, -0.25) is 5.84 Å². The average molecular weight is 281 g/mol. The highest BCUT2D eigenvalue weighted by Gasteiger charge is 2.17. The number of furan rings is 1. The van der Waals surface area contributed by atoms with Gasteiger partial charge in [0.2, 0.25) is 0 Å². The molecule has 0 saturated heterocycles. The van der Waals surface area contributed by atoms with Crippen molar-refractivity contribution >= 4 is 11.6 Å². The molecule has 4 nitrogen and oxygen atoms in total. The van der Waals surface area contributed by atoms with E-state index in [1.807, 2.05) is 31.2 Å². The number of nitrogens with one attached hydrogen (secondary N) is 1. The van der Waals surface area contributed by atoms with Gasteiger partial charge in [0, 0.05) is 6.42 Å². The number of rotatable bonds is 5. The van der Waals surface area contributed by atoms with E-state index < -0.39 is 0 Å². The molecule has 19 heavy (non-hydrogen) atoms. The Labute approximate surface area is 117 Å². The van der Waals surface area contributed by atoms with Crippen molar-refractivity contribution in [1.82, 2.24) is 5.43 Å². The summed E-state index contributed by atoms with van der Waals surface area (Å²) in [5.41, 5.74) is 3.68. The van der Waals surface area contributed by atoms with Gasteiger partial charge in [0.05, 0.1) is 12.1 Å². The maximum absolute atomic E-state index is 6.02. The van der Waals surface area contributed by atoms with Crippen molar-refractivity contribution in [3.05, 3.63) is 52.4 Å². The largest absolute Gasteiger partial charge is 0.495 e. The minimum atomic E-state index is -0.230. The van der Waals surface area contributed by atoms with Gasteiger partial charge in [-0.2, -0.15) is 0 Å². The average Bonchev–Trinajstić information content (AvgIpc) is 2.90. The second kappa shape index (κ2) is 6.10. The zero-order chi connectivity index (χ0) is 13.8. The molecule has 1 heterocycles. The van der Waals surface area contributed by atoms with E-state index >= 15 is 0 Å². The zero-order valence-electron chi connectivity index (χ0n) is 10.9. The molecule has 0 amide bonds. The third-order valence-electron chi connectivity index (χ3n) is 2.99. The van der Waals surface area contributed by atoms with Crippen LogP contribution in [0.3, 0.4) is 0 Å². The fourth-order valence-corrected chi connectivity index (χ4v) is 2.13.